The molecule has 100 valence electrons. The van der Waals surface area contributed by atoms with Crippen molar-refractivity contribution in [2.75, 3.05) is 12.9 Å². The molecule has 4 heteroatoms. The van der Waals surface area contributed by atoms with E-state index in [1.54, 1.807) is 24.1 Å². The van der Waals surface area contributed by atoms with Gasteiger partial charge < -0.3 is 9.64 Å². The molecule has 1 aromatic rings. The van der Waals surface area contributed by atoms with Gasteiger partial charge in [0, 0.05) is 24.5 Å². The van der Waals surface area contributed by atoms with Gasteiger partial charge in [0.15, 0.2) is 0 Å². The molecular weight excluding hydrogens is 250 g/mol. The van der Waals surface area contributed by atoms with Crippen molar-refractivity contribution in [1.82, 2.24) is 4.90 Å². The summed E-state index contributed by atoms with van der Waals surface area (Å²) in [5, 5.41) is 0. The zero-order valence-electron chi connectivity index (χ0n) is 11.3. The van der Waals surface area contributed by atoms with Gasteiger partial charge in [-0.25, -0.2) is 0 Å². The average Bonchev–Trinajstić information content (AvgIpc) is 2.35. The zero-order valence-corrected chi connectivity index (χ0v) is 12.1. The summed E-state index contributed by atoms with van der Waals surface area (Å²) in [6.07, 6.45) is 0.0925. The maximum atomic E-state index is 12.2. The van der Waals surface area contributed by atoms with Crippen molar-refractivity contribution in [3.05, 3.63) is 29.8 Å². The first-order chi connectivity index (χ1) is 8.45. The van der Waals surface area contributed by atoms with Gasteiger partial charge in [-0.15, -0.1) is 11.6 Å². The maximum absolute atomic E-state index is 12.2. The predicted octanol–water partition coefficient (Wildman–Crippen LogP) is 3.17. The van der Waals surface area contributed by atoms with Gasteiger partial charge in [0.1, 0.15) is 5.75 Å². The number of halogens is 1. The van der Waals surface area contributed by atoms with Crippen LogP contribution in [0.3, 0.4) is 0 Å². The van der Waals surface area contributed by atoms with Crippen molar-refractivity contribution in [2.45, 2.75) is 32.9 Å². The molecule has 0 aromatic heterocycles. The van der Waals surface area contributed by atoms with Gasteiger partial charge in [0.2, 0.25) is 0 Å². The van der Waals surface area contributed by atoms with E-state index < -0.39 is 0 Å². The Labute approximate surface area is 114 Å². The lowest BCUT2D eigenvalue weighted by molar-refractivity contribution is 0.0756. The smallest absolute Gasteiger partial charge is 0.254 e. The average molecular weight is 270 g/mol. The van der Waals surface area contributed by atoms with Gasteiger partial charge in [-0.1, -0.05) is 6.07 Å². The molecule has 1 atom stereocenters. The molecule has 0 saturated heterocycles. The van der Waals surface area contributed by atoms with Crippen LogP contribution in [0.4, 0.5) is 0 Å². The number of alkyl halides is 1. The Hall–Kier alpha value is -1.22. The van der Waals surface area contributed by atoms with E-state index in [1.165, 1.54) is 0 Å². The molecule has 0 N–H and O–H groups in total. The largest absolute Gasteiger partial charge is 0.491 e. The van der Waals surface area contributed by atoms with Crippen molar-refractivity contribution in [1.29, 1.82) is 0 Å². The van der Waals surface area contributed by atoms with Crippen molar-refractivity contribution in [2.24, 2.45) is 0 Å². The zero-order chi connectivity index (χ0) is 13.7. The Morgan fingerprint density at radius 2 is 2.06 bits per heavy atom. The molecular formula is C14H20ClNO2. The minimum absolute atomic E-state index is 0.00819. The molecule has 1 amide bonds. The molecule has 0 bridgehead atoms. The molecule has 0 saturated carbocycles. The Bertz CT molecular complexity index is 407. The van der Waals surface area contributed by atoms with E-state index in [0.29, 0.717) is 17.2 Å². The van der Waals surface area contributed by atoms with Crippen LogP contribution in [0, 0.1) is 0 Å². The van der Waals surface area contributed by atoms with E-state index in [-0.39, 0.29) is 18.1 Å². The summed E-state index contributed by atoms with van der Waals surface area (Å²) in [7, 11) is 1.76. The van der Waals surface area contributed by atoms with Crippen LogP contribution < -0.4 is 4.74 Å². The van der Waals surface area contributed by atoms with E-state index in [1.807, 2.05) is 32.9 Å². The Kier molecular flexibility index (Phi) is 5.48. The van der Waals surface area contributed by atoms with Crippen molar-refractivity contribution in [3.8, 4) is 5.75 Å². The van der Waals surface area contributed by atoms with Crippen molar-refractivity contribution < 1.29 is 9.53 Å². The third kappa shape index (κ3) is 3.91. The SMILES string of the molecule is CC(C)Oc1cccc(C(=O)N(C)C(C)CCl)c1. The number of rotatable bonds is 5. The second kappa shape index (κ2) is 6.64. The highest BCUT2D eigenvalue weighted by atomic mass is 35.5. The Balaban J connectivity index is 2.86. The van der Waals surface area contributed by atoms with Crippen LogP contribution in [0.15, 0.2) is 24.3 Å². The molecule has 18 heavy (non-hydrogen) atoms. The van der Waals surface area contributed by atoms with Crippen LogP contribution in [-0.2, 0) is 0 Å². The van der Waals surface area contributed by atoms with E-state index >= 15 is 0 Å². The highest BCUT2D eigenvalue weighted by Crippen LogP contribution is 2.17. The molecule has 1 aromatic carbocycles. The predicted molar refractivity (Wildman–Crippen MR) is 74.5 cm³/mol. The highest BCUT2D eigenvalue weighted by Gasteiger charge is 2.17. The first-order valence-corrected chi connectivity index (χ1v) is 6.59. The highest BCUT2D eigenvalue weighted by molar-refractivity contribution is 6.18. The third-order valence-electron chi connectivity index (χ3n) is 2.66. The van der Waals surface area contributed by atoms with Gasteiger partial charge in [0.25, 0.3) is 5.91 Å². The minimum Gasteiger partial charge on any atom is -0.491 e. The Morgan fingerprint density at radius 3 is 2.61 bits per heavy atom. The number of amides is 1. The topological polar surface area (TPSA) is 29.5 Å². The fourth-order valence-corrected chi connectivity index (χ4v) is 1.69. The van der Waals surface area contributed by atoms with Crippen LogP contribution in [0.5, 0.6) is 5.75 Å². The van der Waals surface area contributed by atoms with Crippen LogP contribution in [0.25, 0.3) is 0 Å². The summed E-state index contributed by atoms with van der Waals surface area (Å²) in [5.74, 6) is 1.09. The maximum Gasteiger partial charge on any atom is 0.254 e. The normalized spacial score (nSPS) is 12.3. The quantitative estimate of drug-likeness (QED) is 0.769. The second-order valence-corrected chi connectivity index (χ2v) is 4.92. The van der Waals surface area contributed by atoms with Crippen LogP contribution in [0.1, 0.15) is 31.1 Å². The van der Waals surface area contributed by atoms with E-state index in [4.69, 9.17) is 16.3 Å². The second-order valence-electron chi connectivity index (χ2n) is 4.61. The first-order valence-electron chi connectivity index (χ1n) is 6.05. The minimum atomic E-state index is -0.0441. The van der Waals surface area contributed by atoms with Gasteiger partial charge in [-0.05, 0) is 39.0 Å². The molecule has 0 radical (unpaired) electrons. The van der Waals surface area contributed by atoms with Crippen LogP contribution in [0.2, 0.25) is 0 Å². The molecule has 0 aliphatic carbocycles. The number of benzene rings is 1. The summed E-state index contributed by atoms with van der Waals surface area (Å²) >= 11 is 5.76. The molecule has 3 nitrogen and oxygen atoms in total. The molecule has 0 aliphatic rings. The van der Waals surface area contributed by atoms with Gasteiger partial charge in [-0.2, -0.15) is 0 Å². The number of hydrogen-bond donors (Lipinski definition) is 0. The lowest BCUT2D eigenvalue weighted by atomic mass is 10.1. The summed E-state index contributed by atoms with van der Waals surface area (Å²) in [6.45, 7) is 5.83. The first kappa shape index (κ1) is 14.8. The Morgan fingerprint density at radius 1 is 1.39 bits per heavy atom. The molecule has 0 heterocycles. The van der Waals surface area contributed by atoms with E-state index in [9.17, 15) is 4.79 Å². The summed E-state index contributed by atoms with van der Waals surface area (Å²) in [4.78, 5) is 13.8. The molecule has 1 unspecified atom stereocenters. The third-order valence-corrected chi connectivity index (χ3v) is 3.10. The number of hydrogen-bond acceptors (Lipinski definition) is 2. The van der Waals surface area contributed by atoms with Crippen molar-refractivity contribution >= 4 is 17.5 Å². The lowest BCUT2D eigenvalue weighted by Crippen LogP contribution is -2.36. The summed E-state index contributed by atoms with van der Waals surface area (Å²) < 4.78 is 5.57. The van der Waals surface area contributed by atoms with Gasteiger partial charge >= 0.3 is 0 Å². The van der Waals surface area contributed by atoms with Crippen LogP contribution >= 0.6 is 11.6 Å². The fraction of sp³-hybridized carbons (Fsp3) is 0.500. The summed E-state index contributed by atoms with van der Waals surface area (Å²) in [5.41, 5.74) is 0.618. The molecule has 0 aliphatic heterocycles. The number of carbonyl (C=O) groups excluding carboxylic acids is 1. The molecule has 1 rings (SSSR count). The number of carbonyl (C=O) groups is 1. The molecule has 0 fully saturated rings. The van der Waals surface area contributed by atoms with Gasteiger partial charge in [-0.3, -0.25) is 4.79 Å². The standard InChI is InChI=1S/C14H20ClNO2/c1-10(2)18-13-7-5-6-12(8-13)14(17)16(4)11(3)9-15/h5-8,10-11H,9H2,1-4H3. The van der Waals surface area contributed by atoms with Gasteiger partial charge in [0.05, 0.1) is 6.10 Å². The number of nitrogens with zero attached hydrogens (tertiary/aromatic N) is 1. The summed E-state index contributed by atoms with van der Waals surface area (Å²) in [6, 6.07) is 7.23. The fourth-order valence-electron chi connectivity index (χ4n) is 1.48. The van der Waals surface area contributed by atoms with E-state index in [0.717, 1.165) is 0 Å². The molecule has 0 spiro atoms. The number of ether oxygens (including phenoxy) is 1. The van der Waals surface area contributed by atoms with E-state index in [2.05, 4.69) is 0 Å². The monoisotopic (exact) mass is 269 g/mol. The van der Waals surface area contributed by atoms with Crippen LogP contribution in [-0.4, -0.2) is 35.9 Å². The lowest BCUT2D eigenvalue weighted by Gasteiger charge is -2.23. The van der Waals surface area contributed by atoms with Crippen molar-refractivity contribution in [3.63, 3.8) is 0 Å².